The fraction of sp³-hybridized carbons (Fsp3) is 0.261. The molecule has 0 fully saturated rings. The number of H-pyrrole nitrogens is 1. The van der Waals surface area contributed by atoms with E-state index >= 15 is 0 Å². The molecule has 2 amide bonds. The van der Waals surface area contributed by atoms with Gasteiger partial charge in [-0.3, -0.25) is 14.5 Å². The Morgan fingerprint density at radius 1 is 1.34 bits per heavy atom. The summed E-state index contributed by atoms with van der Waals surface area (Å²) in [5.74, 6) is -1.71. The summed E-state index contributed by atoms with van der Waals surface area (Å²) in [6, 6.07) is 8.84. The highest BCUT2D eigenvalue weighted by Crippen LogP contribution is 2.33. The van der Waals surface area contributed by atoms with Crippen molar-refractivity contribution in [1.29, 1.82) is 0 Å². The molecule has 1 N–H and O–H groups in total. The van der Waals surface area contributed by atoms with E-state index in [1.54, 1.807) is 18.3 Å². The Morgan fingerprint density at radius 2 is 2.12 bits per heavy atom. The number of halogens is 2. The molecule has 2 heterocycles. The number of fused-ring (bicyclic) bond motifs is 1. The number of nitrogens with zero attached hydrogens (tertiary/aromatic N) is 2. The standard InChI is InChI=1S/C23H21F2N3O3S/c1-14-4-2-3-5-19(14)22(30)27(13-29)7-6-17-11-26-23(32)28(17)18-9-15-8-16(24)10-20(25)21(15)31-12-18/h2-5,8,10-11,13,18H,6-7,9,12H2,1H3,(H,26,32)/t18-/m1/s1. The number of aromatic amines is 1. The van der Waals surface area contributed by atoms with Crippen LogP contribution in [0, 0.1) is 23.3 Å². The zero-order chi connectivity index (χ0) is 22.8. The molecule has 1 aliphatic heterocycles. The Kier molecular flexibility index (Phi) is 6.18. The number of carbonyl (C=O) groups is 2. The van der Waals surface area contributed by atoms with Crippen molar-refractivity contribution in [2.45, 2.75) is 25.8 Å². The maximum absolute atomic E-state index is 14.0. The molecule has 2 aromatic carbocycles. The molecule has 0 saturated heterocycles. The first kappa shape index (κ1) is 21.9. The van der Waals surface area contributed by atoms with Crippen LogP contribution < -0.4 is 4.74 Å². The van der Waals surface area contributed by atoms with Gasteiger partial charge in [0.25, 0.3) is 5.91 Å². The van der Waals surface area contributed by atoms with E-state index in [0.717, 1.165) is 22.2 Å². The number of imide groups is 1. The summed E-state index contributed by atoms with van der Waals surface area (Å²) >= 11 is 5.41. The lowest BCUT2D eigenvalue weighted by Crippen LogP contribution is -2.33. The van der Waals surface area contributed by atoms with Gasteiger partial charge in [0.15, 0.2) is 16.3 Å². The third-order valence-electron chi connectivity index (χ3n) is 5.59. The molecule has 1 atom stereocenters. The molecule has 0 aliphatic carbocycles. The number of amides is 2. The Labute approximate surface area is 188 Å². The number of carbonyl (C=O) groups excluding carboxylic acids is 2. The van der Waals surface area contributed by atoms with Gasteiger partial charge >= 0.3 is 0 Å². The minimum absolute atomic E-state index is 0.0576. The normalized spacial score (nSPS) is 15.0. The van der Waals surface area contributed by atoms with Crippen molar-refractivity contribution in [3.63, 3.8) is 0 Å². The van der Waals surface area contributed by atoms with Crippen molar-refractivity contribution >= 4 is 24.5 Å². The molecule has 6 nitrogen and oxygen atoms in total. The molecule has 32 heavy (non-hydrogen) atoms. The first-order valence-electron chi connectivity index (χ1n) is 10.1. The van der Waals surface area contributed by atoms with Crippen molar-refractivity contribution in [1.82, 2.24) is 14.5 Å². The van der Waals surface area contributed by atoms with E-state index in [4.69, 9.17) is 17.0 Å². The fourth-order valence-electron chi connectivity index (χ4n) is 4.00. The molecule has 9 heteroatoms. The SMILES string of the molecule is Cc1ccccc1C(=O)N(C=O)CCc1c[nH]c(=S)n1[C@H]1COc2c(F)cc(F)cc2C1. The molecule has 1 aliphatic rings. The lowest BCUT2D eigenvalue weighted by atomic mass is 10.0. The topological polar surface area (TPSA) is 67.3 Å². The predicted molar refractivity (Wildman–Crippen MR) is 116 cm³/mol. The molecule has 0 unspecified atom stereocenters. The summed E-state index contributed by atoms with van der Waals surface area (Å²) in [5.41, 5.74) is 2.43. The van der Waals surface area contributed by atoms with Gasteiger partial charge in [0.1, 0.15) is 12.4 Å². The van der Waals surface area contributed by atoms with Gasteiger partial charge in [-0.05, 0) is 36.8 Å². The fourth-order valence-corrected chi connectivity index (χ4v) is 4.32. The number of hydrogen-bond donors (Lipinski definition) is 1. The Morgan fingerprint density at radius 3 is 2.88 bits per heavy atom. The largest absolute Gasteiger partial charge is 0.488 e. The lowest BCUT2D eigenvalue weighted by molar-refractivity contribution is -0.116. The highest BCUT2D eigenvalue weighted by atomic mass is 32.1. The van der Waals surface area contributed by atoms with Gasteiger partial charge in [0.05, 0.1) is 6.04 Å². The van der Waals surface area contributed by atoms with Crippen molar-refractivity contribution < 1.29 is 23.1 Å². The number of aryl methyl sites for hydroxylation is 1. The van der Waals surface area contributed by atoms with E-state index in [9.17, 15) is 18.4 Å². The molecule has 0 radical (unpaired) electrons. The summed E-state index contributed by atoms with van der Waals surface area (Å²) in [7, 11) is 0. The Bertz CT molecular complexity index is 1240. The number of hydrogen-bond acceptors (Lipinski definition) is 4. The molecular formula is C23H21F2N3O3S. The van der Waals surface area contributed by atoms with Gasteiger partial charge in [-0.15, -0.1) is 0 Å². The summed E-state index contributed by atoms with van der Waals surface area (Å²) in [5, 5.41) is 0. The van der Waals surface area contributed by atoms with Gasteiger partial charge in [0, 0.05) is 48.5 Å². The zero-order valence-electron chi connectivity index (χ0n) is 17.3. The average Bonchev–Trinajstić information content (AvgIpc) is 3.14. The highest BCUT2D eigenvalue weighted by Gasteiger charge is 2.27. The molecule has 1 aromatic heterocycles. The van der Waals surface area contributed by atoms with Gasteiger partial charge < -0.3 is 14.3 Å². The van der Waals surface area contributed by atoms with E-state index in [2.05, 4.69) is 4.98 Å². The smallest absolute Gasteiger partial charge is 0.260 e. The molecule has 0 saturated carbocycles. The van der Waals surface area contributed by atoms with Gasteiger partial charge in [-0.25, -0.2) is 8.78 Å². The Balaban J connectivity index is 1.53. The summed E-state index contributed by atoms with van der Waals surface area (Å²) in [6.45, 7) is 2.12. The molecular weight excluding hydrogens is 436 g/mol. The number of benzene rings is 2. The van der Waals surface area contributed by atoms with Crippen LogP contribution in [0.25, 0.3) is 0 Å². The number of imidazole rings is 1. The minimum atomic E-state index is -0.729. The average molecular weight is 458 g/mol. The predicted octanol–water partition coefficient (Wildman–Crippen LogP) is 4.15. The number of nitrogens with one attached hydrogen (secondary N) is 1. The van der Waals surface area contributed by atoms with E-state index in [0.29, 0.717) is 35.1 Å². The monoisotopic (exact) mass is 457 g/mol. The highest BCUT2D eigenvalue weighted by molar-refractivity contribution is 7.71. The van der Waals surface area contributed by atoms with Crippen molar-refractivity contribution in [2.75, 3.05) is 13.2 Å². The second kappa shape index (κ2) is 9.04. The van der Waals surface area contributed by atoms with Gasteiger partial charge in [0.2, 0.25) is 6.41 Å². The first-order chi connectivity index (χ1) is 15.4. The van der Waals surface area contributed by atoms with Crippen LogP contribution >= 0.6 is 12.2 Å². The van der Waals surface area contributed by atoms with Crippen molar-refractivity contribution in [2.24, 2.45) is 0 Å². The first-order valence-corrected chi connectivity index (χ1v) is 10.5. The third-order valence-corrected chi connectivity index (χ3v) is 5.90. The van der Waals surface area contributed by atoms with Crippen LogP contribution in [0.15, 0.2) is 42.6 Å². The van der Waals surface area contributed by atoms with Crippen molar-refractivity contribution in [3.05, 3.63) is 81.4 Å². The molecule has 3 aromatic rings. The number of rotatable bonds is 6. The Hall–Kier alpha value is -3.33. The maximum atomic E-state index is 14.0. The van der Waals surface area contributed by atoms with Crippen LogP contribution in [0.3, 0.4) is 0 Å². The van der Waals surface area contributed by atoms with Crippen LogP contribution in [0.2, 0.25) is 0 Å². The molecule has 4 rings (SSSR count). The summed E-state index contributed by atoms with van der Waals surface area (Å²) in [4.78, 5) is 28.5. The number of aromatic nitrogens is 2. The molecule has 166 valence electrons. The van der Waals surface area contributed by atoms with E-state index in [1.807, 2.05) is 23.6 Å². The third kappa shape index (κ3) is 4.20. The summed E-state index contributed by atoms with van der Waals surface area (Å²) < 4.78 is 35.5. The van der Waals surface area contributed by atoms with Crippen LogP contribution in [-0.4, -0.2) is 39.9 Å². The van der Waals surface area contributed by atoms with Crippen LogP contribution in [-0.2, 0) is 17.6 Å². The van der Waals surface area contributed by atoms with Gasteiger partial charge in [-0.1, -0.05) is 18.2 Å². The maximum Gasteiger partial charge on any atom is 0.260 e. The lowest BCUT2D eigenvalue weighted by Gasteiger charge is -2.28. The van der Waals surface area contributed by atoms with E-state index in [-0.39, 0.29) is 30.9 Å². The second-order valence-electron chi connectivity index (χ2n) is 7.67. The zero-order valence-corrected chi connectivity index (χ0v) is 18.1. The number of ether oxygens (including phenoxy) is 1. The van der Waals surface area contributed by atoms with Crippen LogP contribution in [0.5, 0.6) is 5.75 Å². The second-order valence-corrected chi connectivity index (χ2v) is 8.06. The summed E-state index contributed by atoms with van der Waals surface area (Å²) in [6.07, 6.45) is 2.92. The quantitative estimate of drug-likeness (QED) is 0.446. The van der Waals surface area contributed by atoms with Crippen molar-refractivity contribution in [3.8, 4) is 5.75 Å². The van der Waals surface area contributed by atoms with Crippen LogP contribution in [0.1, 0.15) is 33.2 Å². The van der Waals surface area contributed by atoms with Gasteiger partial charge in [-0.2, -0.15) is 0 Å². The minimum Gasteiger partial charge on any atom is -0.488 e. The molecule has 0 spiro atoms. The van der Waals surface area contributed by atoms with E-state index < -0.39 is 11.6 Å². The molecule has 0 bridgehead atoms. The van der Waals surface area contributed by atoms with E-state index in [1.165, 1.54) is 6.07 Å². The van der Waals surface area contributed by atoms with Crippen LogP contribution in [0.4, 0.5) is 8.78 Å².